The fourth-order valence-electron chi connectivity index (χ4n) is 3.01. The van der Waals surface area contributed by atoms with Gasteiger partial charge >= 0.3 is 5.97 Å². The van der Waals surface area contributed by atoms with Gasteiger partial charge < -0.3 is 45.9 Å². The number of aromatic nitrogens is 2. The molecule has 1 amide bonds. The van der Waals surface area contributed by atoms with Crippen LogP contribution >= 0.6 is 0 Å². The SMILES string of the molecule is CC(C)[C@H](NCC1(O)OC[C@@H](O)C(O)C1O)C(=O)NC(Cc1cnc[nH]1)C(=O)O. The second-order valence-electron chi connectivity index (χ2n) is 7.44. The molecule has 1 aliphatic heterocycles. The summed E-state index contributed by atoms with van der Waals surface area (Å²) < 4.78 is 5.06. The molecule has 12 heteroatoms. The fourth-order valence-corrected chi connectivity index (χ4v) is 3.01. The Balaban J connectivity index is 2.02. The van der Waals surface area contributed by atoms with E-state index < -0.39 is 61.2 Å². The number of hydrogen-bond donors (Lipinski definition) is 8. The molecule has 164 valence electrons. The number of amides is 1. The summed E-state index contributed by atoms with van der Waals surface area (Å²) in [7, 11) is 0. The van der Waals surface area contributed by atoms with Gasteiger partial charge in [0.2, 0.25) is 11.7 Å². The summed E-state index contributed by atoms with van der Waals surface area (Å²) in [5, 5.41) is 54.3. The molecular weight excluding hydrogens is 388 g/mol. The summed E-state index contributed by atoms with van der Waals surface area (Å²) in [4.78, 5) is 30.7. The molecule has 1 aromatic rings. The number of nitrogens with one attached hydrogen (secondary N) is 3. The number of imidazole rings is 1. The molecule has 2 heterocycles. The number of aromatic amines is 1. The molecule has 1 saturated heterocycles. The molecule has 4 unspecified atom stereocenters. The lowest BCUT2D eigenvalue weighted by atomic mass is 9.95. The van der Waals surface area contributed by atoms with Crippen LogP contribution in [0.3, 0.4) is 0 Å². The number of carboxylic acids is 1. The van der Waals surface area contributed by atoms with Crippen LogP contribution in [-0.4, -0.2) is 96.7 Å². The summed E-state index contributed by atoms with van der Waals surface area (Å²) in [6, 6.07) is -2.13. The number of ether oxygens (including phenoxy) is 1. The molecule has 8 N–H and O–H groups in total. The molecule has 0 saturated carbocycles. The summed E-state index contributed by atoms with van der Waals surface area (Å²) in [5.74, 6) is -4.39. The highest BCUT2D eigenvalue weighted by molar-refractivity contribution is 5.87. The van der Waals surface area contributed by atoms with Gasteiger partial charge in [0.05, 0.1) is 25.5 Å². The number of carbonyl (C=O) groups is 2. The van der Waals surface area contributed by atoms with Crippen molar-refractivity contribution in [2.45, 2.75) is 56.5 Å². The van der Waals surface area contributed by atoms with E-state index in [1.54, 1.807) is 13.8 Å². The lowest BCUT2D eigenvalue weighted by Gasteiger charge is -2.42. The average molecular weight is 416 g/mol. The Morgan fingerprint density at radius 3 is 2.62 bits per heavy atom. The largest absolute Gasteiger partial charge is 0.480 e. The zero-order chi connectivity index (χ0) is 21.8. The van der Waals surface area contributed by atoms with Gasteiger partial charge in [0.15, 0.2) is 0 Å². The predicted molar refractivity (Wildman–Crippen MR) is 97.4 cm³/mol. The van der Waals surface area contributed by atoms with E-state index in [4.69, 9.17) is 4.74 Å². The van der Waals surface area contributed by atoms with Crippen molar-refractivity contribution in [3.8, 4) is 0 Å². The minimum absolute atomic E-state index is 0.00172. The lowest BCUT2D eigenvalue weighted by Crippen LogP contribution is -2.66. The molecule has 0 aromatic carbocycles. The third kappa shape index (κ3) is 5.72. The van der Waals surface area contributed by atoms with Crippen molar-refractivity contribution in [1.82, 2.24) is 20.6 Å². The van der Waals surface area contributed by atoms with Crippen LogP contribution < -0.4 is 10.6 Å². The molecule has 0 aliphatic carbocycles. The number of rotatable bonds is 9. The van der Waals surface area contributed by atoms with Crippen molar-refractivity contribution in [1.29, 1.82) is 0 Å². The Bertz CT molecular complexity index is 685. The van der Waals surface area contributed by atoms with Gasteiger partial charge in [-0.2, -0.15) is 0 Å². The summed E-state index contributed by atoms with van der Waals surface area (Å²) in [6.45, 7) is 2.58. The number of aliphatic hydroxyl groups excluding tert-OH is 3. The zero-order valence-electron chi connectivity index (χ0n) is 16.1. The number of aliphatic carboxylic acids is 1. The second kappa shape index (κ2) is 9.61. The minimum atomic E-state index is -2.23. The minimum Gasteiger partial charge on any atom is -0.480 e. The molecule has 0 radical (unpaired) electrons. The van der Waals surface area contributed by atoms with Gasteiger partial charge in [-0.1, -0.05) is 13.8 Å². The average Bonchev–Trinajstić information content (AvgIpc) is 3.16. The van der Waals surface area contributed by atoms with Crippen molar-refractivity contribution in [2.24, 2.45) is 5.92 Å². The van der Waals surface area contributed by atoms with Crippen LogP contribution in [0.4, 0.5) is 0 Å². The summed E-state index contributed by atoms with van der Waals surface area (Å²) in [6.07, 6.45) is -1.92. The van der Waals surface area contributed by atoms with E-state index in [-0.39, 0.29) is 12.3 Å². The van der Waals surface area contributed by atoms with E-state index in [0.29, 0.717) is 5.69 Å². The normalized spacial score (nSPS) is 29.4. The van der Waals surface area contributed by atoms with Crippen LogP contribution in [0.15, 0.2) is 12.5 Å². The van der Waals surface area contributed by atoms with E-state index in [9.17, 15) is 35.1 Å². The fraction of sp³-hybridized carbons (Fsp3) is 0.706. The predicted octanol–water partition coefficient (Wildman–Crippen LogP) is -3.06. The highest BCUT2D eigenvalue weighted by Gasteiger charge is 2.48. The Labute approximate surface area is 166 Å². The molecule has 0 spiro atoms. The Morgan fingerprint density at radius 1 is 1.38 bits per heavy atom. The van der Waals surface area contributed by atoms with E-state index >= 15 is 0 Å². The topological polar surface area (TPSA) is 197 Å². The molecule has 0 bridgehead atoms. The maximum absolute atomic E-state index is 12.7. The number of nitrogens with zero attached hydrogens (tertiary/aromatic N) is 1. The second-order valence-corrected chi connectivity index (χ2v) is 7.44. The van der Waals surface area contributed by atoms with Crippen LogP contribution in [0.2, 0.25) is 0 Å². The number of hydrogen-bond acceptors (Lipinski definition) is 9. The van der Waals surface area contributed by atoms with Crippen LogP contribution in [0.25, 0.3) is 0 Å². The maximum atomic E-state index is 12.7. The van der Waals surface area contributed by atoms with Gasteiger partial charge in [0.25, 0.3) is 0 Å². The van der Waals surface area contributed by atoms with E-state index in [1.807, 2.05) is 0 Å². The Morgan fingerprint density at radius 2 is 2.07 bits per heavy atom. The van der Waals surface area contributed by atoms with Crippen LogP contribution in [0, 0.1) is 5.92 Å². The molecule has 1 fully saturated rings. The summed E-state index contributed by atoms with van der Waals surface area (Å²) in [5.41, 5.74) is 0.535. The monoisotopic (exact) mass is 416 g/mol. The van der Waals surface area contributed by atoms with Gasteiger partial charge in [0, 0.05) is 18.3 Å². The molecular formula is C17H28N4O8. The molecule has 12 nitrogen and oxygen atoms in total. The number of aliphatic hydroxyl groups is 4. The first-order valence-corrected chi connectivity index (χ1v) is 9.19. The van der Waals surface area contributed by atoms with Crippen molar-refractivity contribution in [3.63, 3.8) is 0 Å². The maximum Gasteiger partial charge on any atom is 0.326 e. The van der Waals surface area contributed by atoms with E-state index in [2.05, 4.69) is 20.6 Å². The standard InChI is InChI=1S/C17H28N4O8/c1-8(2)12(19-6-17(28)14(24)13(23)11(22)5-29-17)15(25)21-10(16(26)27)3-9-4-18-7-20-9/h4,7-8,10-14,19,22-24,28H,3,5-6H2,1-2H3,(H,18,20)(H,21,25)(H,26,27)/t10?,11-,12+,13?,14?,17?/m1/s1. The third-order valence-electron chi connectivity index (χ3n) is 4.80. The van der Waals surface area contributed by atoms with Crippen LogP contribution in [0.5, 0.6) is 0 Å². The first-order chi connectivity index (χ1) is 13.5. The van der Waals surface area contributed by atoms with Gasteiger partial charge in [-0.05, 0) is 5.92 Å². The van der Waals surface area contributed by atoms with Crippen molar-refractivity contribution in [2.75, 3.05) is 13.2 Å². The Kier molecular flexibility index (Phi) is 7.68. The summed E-state index contributed by atoms with van der Waals surface area (Å²) >= 11 is 0. The van der Waals surface area contributed by atoms with E-state index in [0.717, 1.165) is 0 Å². The molecule has 1 aliphatic rings. The quantitative estimate of drug-likeness (QED) is 0.204. The van der Waals surface area contributed by atoms with Crippen LogP contribution in [-0.2, 0) is 20.7 Å². The van der Waals surface area contributed by atoms with Gasteiger partial charge in [-0.3, -0.25) is 4.79 Å². The first-order valence-electron chi connectivity index (χ1n) is 9.19. The number of H-pyrrole nitrogens is 1. The van der Waals surface area contributed by atoms with Gasteiger partial charge in [0.1, 0.15) is 24.4 Å². The number of carbonyl (C=O) groups excluding carboxylic acids is 1. The molecule has 2 rings (SSSR count). The Hall–Kier alpha value is -2.09. The van der Waals surface area contributed by atoms with Crippen molar-refractivity contribution >= 4 is 11.9 Å². The van der Waals surface area contributed by atoms with Crippen LogP contribution in [0.1, 0.15) is 19.5 Å². The van der Waals surface area contributed by atoms with Gasteiger partial charge in [-0.25, -0.2) is 9.78 Å². The van der Waals surface area contributed by atoms with Gasteiger partial charge in [-0.15, -0.1) is 0 Å². The smallest absolute Gasteiger partial charge is 0.326 e. The zero-order valence-corrected chi connectivity index (χ0v) is 16.1. The van der Waals surface area contributed by atoms with E-state index in [1.165, 1.54) is 12.5 Å². The lowest BCUT2D eigenvalue weighted by molar-refractivity contribution is -0.318. The third-order valence-corrected chi connectivity index (χ3v) is 4.80. The highest BCUT2D eigenvalue weighted by Crippen LogP contribution is 2.23. The highest BCUT2D eigenvalue weighted by atomic mass is 16.6. The molecule has 29 heavy (non-hydrogen) atoms. The van der Waals surface area contributed by atoms with Crippen molar-refractivity contribution in [3.05, 3.63) is 18.2 Å². The molecule has 1 aromatic heterocycles. The van der Waals surface area contributed by atoms with Crippen molar-refractivity contribution < 1.29 is 39.9 Å². The molecule has 6 atom stereocenters. The number of carboxylic acid groups (broad SMARTS) is 1. The first kappa shape index (κ1) is 23.2.